The number of aromatic nitrogens is 6. The van der Waals surface area contributed by atoms with Gasteiger partial charge in [-0.15, -0.1) is 0 Å². The van der Waals surface area contributed by atoms with Crippen LogP contribution in [0.4, 0.5) is 0 Å². The number of aromatic amines is 2. The Morgan fingerprint density at radius 3 is 2.06 bits per heavy atom. The number of aryl methyl sites for hydroxylation is 1. The van der Waals surface area contributed by atoms with E-state index in [0.29, 0.717) is 23.1 Å². The molecular formula is C22H22N8O5. The van der Waals surface area contributed by atoms with E-state index >= 15 is 0 Å². The van der Waals surface area contributed by atoms with Crippen LogP contribution < -0.4 is 5.73 Å². The van der Waals surface area contributed by atoms with Gasteiger partial charge in [0.25, 0.3) is 0 Å². The van der Waals surface area contributed by atoms with Crippen LogP contribution in [-0.4, -0.2) is 53.1 Å². The summed E-state index contributed by atoms with van der Waals surface area (Å²) in [6.45, 7) is 4.12. The number of rotatable bonds is 2. The van der Waals surface area contributed by atoms with Gasteiger partial charge in [-0.05, 0) is 36.4 Å². The van der Waals surface area contributed by atoms with Gasteiger partial charge in [-0.1, -0.05) is 10.3 Å². The third-order valence-electron chi connectivity index (χ3n) is 4.23. The number of hydrogen-bond acceptors (Lipinski definition) is 10. The Balaban J connectivity index is 0.000000157. The fourth-order valence-electron chi connectivity index (χ4n) is 2.78. The number of oxime groups is 1. The second-order valence-corrected chi connectivity index (χ2v) is 6.93. The number of pyridine rings is 2. The molecule has 180 valence electrons. The summed E-state index contributed by atoms with van der Waals surface area (Å²) in [6.07, 6.45) is 3.64. The fraction of sp³-hybridized carbons (Fsp3) is 0.136. The summed E-state index contributed by atoms with van der Waals surface area (Å²) in [5, 5.41) is 17.2. The predicted octanol–water partition coefficient (Wildman–Crippen LogP) is 2.67. The highest BCUT2D eigenvalue weighted by atomic mass is 16.6. The maximum Gasteiger partial charge on any atom is 0.310 e. The van der Waals surface area contributed by atoms with Crippen LogP contribution in [0.15, 0.2) is 58.5 Å². The van der Waals surface area contributed by atoms with Crippen molar-refractivity contribution in [2.45, 2.75) is 20.8 Å². The zero-order chi connectivity index (χ0) is 25.4. The summed E-state index contributed by atoms with van der Waals surface area (Å²) < 4.78 is 8.87. The molecule has 0 aliphatic carbocycles. The molecule has 13 nitrogen and oxygen atoms in total. The normalized spacial score (nSPS) is 10.8. The Morgan fingerprint density at radius 1 is 0.943 bits per heavy atom. The van der Waals surface area contributed by atoms with Gasteiger partial charge in [0.1, 0.15) is 22.7 Å². The number of nitrogens with zero attached hydrogens (tertiary/aromatic N) is 5. The standard InChI is InChI=1S/C10H8N4O.C8H8N4O.C4H6O3/c1-6-12-10(14-15-6)8-3-2-7-4-5-11-9(7)13-8;9-7(12-13)6-2-1-5-3-4-10-8(5)11-6;1-3(5)7-4(2)6/h2-5H,1H3,(H,11,13);1-4,13H,(H2,9,12)(H,10,11);1-2H3. The molecule has 5 N–H and O–H groups in total. The Hall–Kier alpha value is -5.07. The zero-order valence-electron chi connectivity index (χ0n) is 19.0. The minimum absolute atomic E-state index is 0.0106. The fourth-order valence-corrected chi connectivity index (χ4v) is 2.78. The lowest BCUT2D eigenvalue weighted by atomic mass is 10.3. The molecule has 5 aromatic rings. The van der Waals surface area contributed by atoms with E-state index in [2.05, 4.69) is 40.0 Å². The van der Waals surface area contributed by atoms with Gasteiger partial charge < -0.3 is 30.2 Å². The van der Waals surface area contributed by atoms with Gasteiger partial charge in [-0.3, -0.25) is 9.59 Å². The topological polar surface area (TPSA) is 198 Å². The first-order valence-corrected chi connectivity index (χ1v) is 10.1. The first-order chi connectivity index (χ1) is 16.8. The van der Waals surface area contributed by atoms with Crippen molar-refractivity contribution >= 4 is 39.8 Å². The number of fused-ring (bicyclic) bond motifs is 2. The molecule has 0 radical (unpaired) electrons. The van der Waals surface area contributed by atoms with E-state index < -0.39 is 11.9 Å². The number of ether oxygens (including phenoxy) is 1. The largest absolute Gasteiger partial charge is 0.409 e. The van der Waals surface area contributed by atoms with Gasteiger partial charge in [0.15, 0.2) is 5.84 Å². The van der Waals surface area contributed by atoms with E-state index in [1.54, 1.807) is 19.2 Å². The van der Waals surface area contributed by atoms with Crippen molar-refractivity contribution in [3.63, 3.8) is 0 Å². The molecule has 13 heteroatoms. The van der Waals surface area contributed by atoms with Crippen LogP contribution in [0.25, 0.3) is 33.6 Å². The number of amidine groups is 1. The van der Waals surface area contributed by atoms with Crippen LogP contribution in [0, 0.1) is 6.92 Å². The highest BCUT2D eigenvalue weighted by Gasteiger charge is 2.08. The molecular weight excluding hydrogens is 456 g/mol. The van der Waals surface area contributed by atoms with Gasteiger partial charge in [-0.25, -0.2) is 9.97 Å². The molecule has 0 aliphatic rings. The van der Waals surface area contributed by atoms with Crippen LogP contribution in [0.2, 0.25) is 0 Å². The Morgan fingerprint density at radius 2 is 1.54 bits per heavy atom. The quantitative estimate of drug-likeness (QED) is 0.0730. The van der Waals surface area contributed by atoms with E-state index in [4.69, 9.17) is 15.5 Å². The van der Waals surface area contributed by atoms with Gasteiger partial charge in [0.05, 0.1) is 0 Å². The Kier molecular flexibility index (Phi) is 7.85. The average Bonchev–Trinajstić information content (AvgIpc) is 3.57. The van der Waals surface area contributed by atoms with E-state index in [9.17, 15) is 9.59 Å². The number of esters is 2. The van der Waals surface area contributed by atoms with Crippen molar-refractivity contribution in [1.29, 1.82) is 0 Å². The maximum absolute atomic E-state index is 9.81. The lowest BCUT2D eigenvalue weighted by molar-refractivity contribution is -0.156. The third-order valence-corrected chi connectivity index (χ3v) is 4.23. The van der Waals surface area contributed by atoms with Gasteiger partial charge in [-0.2, -0.15) is 4.98 Å². The maximum atomic E-state index is 9.81. The summed E-state index contributed by atoms with van der Waals surface area (Å²) >= 11 is 0. The third kappa shape index (κ3) is 6.71. The Labute approximate surface area is 198 Å². The van der Waals surface area contributed by atoms with Gasteiger partial charge in [0.2, 0.25) is 11.7 Å². The van der Waals surface area contributed by atoms with Crippen LogP contribution in [0.5, 0.6) is 0 Å². The monoisotopic (exact) mass is 478 g/mol. The van der Waals surface area contributed by atoms with E-state index in [-0.39, 0.29) is 5.84 Å². The molecule has 0 aromatic carbocycles. The van der Waals surface area contributed by atoms with Crippen LogP contribution in [-0.2, 0) is 14.3 Å². The van der Waals surface area contributed by atoms with Gasteiger partial charge in [0, 0.05) is 43.9 Å². The molecule has 5 heterocycles. The molecule has 0 saturated carbocycles. The average molecular weight is 478 g/mol. The van der Waals surface area contributed by atoms with E-state index in [1.807, 2.05) is 36.5 Å². The van der Waals surface area contributed by atoms with Crippen molar-refractivity contribution < 1.29 is 24.1 Å². The van der Waals surface area contributed by atoms with E-state index in [0.717, 1.165) is 22.1 Å². The number of nitrogens with one attached hydrogen (secondary N) is 2. The zero-order valence-corrected chi connectivity index (χ0v) is 19.0. The second kappa shape index (κ2) is 11.2. The number of carbonyl (C=O) groups is 2. The van der Waals surface area contributed by atoms with Crippen LogP contribution in [0.1, 0.15) is 25.4 Å². The highest BCUT2D eigenvalue weighted by molar-refractivity contribution is 5.96. The highest BCUT2D eigenvalue weighted by Crippen LogP contribution is 2.17. The van der Waals surface area contributed by atoms with Crippen molar-refractivity contribution in [1.82, 2.24) is 30.1 Å². The summed E-state index contributed by atoms with van der Waals surface area (Å²) in [7, 11) is 0. The minimum atomic E-state index is -0.562. The molecule has 0 fully saturated rings. The summed E-state index contributed by atoms with van der Waals surface area (Å²) in [5.41, 5.74) is 8.10. The van der Waals surface area contributed by atoms with Crippen molar-refractivity contribution in [3.05, 3.63) is 60.4 Å². The van der Waals surface area contributed by atoms with Crippen molar-refractivity contribution in [3.8, 4) is 11.5 Å². The van der Waals surface area contributed by atoms with Crippen molar-refractivity contribution in [2.75, 3.05) is 0 Å². The van der Waals surface area contributed by atoms with Crippen molar-refractivity contribution in [2.24, 2.45) is 10.9 Å². The molecule has 0 aliphatic heterocycles. The number of H-pyrrole nitrogens is 2. The number of nitrogens with two attached hydrogens (primary N) is 1. The molecule has 0 bridgehead atoms. The minimum Gasteiger partial charge on any atom is -0.409 e. The number of hydrogen-bond donors (Lipinski definition) is 4. The molecule has 0 unspecified atom stereocenters. The summed E-state index contributed by atoms with van der Waals surface area (Å²) in [5.74, 6) is -0.0566. The predicted molar refractivity (Wildman–Crippen MR) is 125 cm³/mol. The Bertz CT molecular complexity index is 1470. The molecule has 0 amide bonds. The SMILES string of the molecule is CC(=O)OC(C)=O.Cc1nc(-c2ccc3cc[nH]c3n2)no1.N/C(=N\O)c1ccc2cc[nH]c2n1. The lowest BCUT2D eigenvalue weighted by Crippen LogP contribution is -2.14. The molecule has 5 aromatic heterocycles. The second-order valence-electron chi connectivity index (χ2n) is 6.93. The smallest absolute Gasteiger partial charge is 0.310 e. The molecule has 0 spiro atoms. The lowest BCUT2D eigenvalue weighted by Gasteiger charge is -1.96. The molecule has 35 heavy (non-hydrogen) atoms. The van der Waals surface area contributed by atoms with Gasteiger partial charge >= 0.3 is 11.9 Å². The first-order valence-electron chi connectivity index (χ1n) is 10.1. The van der Waals surface area contributed by atoms with Crippen LogP contribution >= 0.6 is 0 Å². The molecule has 0 saturated heterocycles. The molecule has 0 atom stereocenters. The number of carbonyl (C=O) groups excluding carboxylic acids is 2. The van der Waals surface area contributed by atoms with Crippen LogP contribution in [0.3, 0.4) is 0 Å². The van der Waals surface area contributed by atoms with E-state index in [1.165, 1.54) is 13.8 Å². The first kappa shape index (κ1) is 24.6. The summed E-state index contributed by atoms with van der Waals surface area (Å²) in [6, 6.07) is 11.3. The molecule has 5 rings (SSSR count). The summed E-state index contributed by atoms with van der Waals surface area (Å²) in [4.78, 5) is 38.2.